The highest BCUT2D eigenvalue weighted by Crippen LogP contribution is 2.21. The van der Waals surface area contributed by atoms with Crippen LogP contribution in [0.3, 0.4) is 0 Å². The van der Waals surface area contributed by atoms with Crippen LogP contribution < -0.4 is 5.56 Å². The molecule has 21 heavy (non-hydrogen) atoms. The number of nitrogens with one attached hydrogen (secondary N) is 1. The SMILES string of the molecule is O=c1cc(-c2ccc(O)cc2)[nH]n1-c1ccc(Cl)c(F)c1. The van der Waals surface area contributed by atoms with Gasteiger partial charge >= 0.3 is 0 Å². The number of hydrogen-bond donors (Lipinski definition) is 2. The molecule has 0 radical (unpaired) electrons. The Morgan fingerprint density at radius 3 is 2.48 bits per heavy atom. The Labute approximate surface area is 124 Å². The van der Waals surface area contributed by atoms with Gasteiger partial charge in [-0.1, -0.05) is 11.6 Å². The summed E-state index contributed by atoms with van der Waals surface area (Å²) >= 11 is 5.63. The van der Waals surface area contributed by atoms with E-state index in [1.807, 2.05) is 0 Å². The van der Waals surface area contributed by atoms with Crippen molar-refractivity contribution in [1.29, 1.82) is 0 Å². The minimum absolute atomic E-state index is 0.00267. The molecule has 2 aromatic carbocycles. The Bertz CT molecular complexity index is 853. The molecule has 2 N–H and O–H groups in total. The molecule has 0 fully saturated rings. The summed E-state index contributed by atoms with van der Waals surface area (Å²) < 4.78 is 14.7. The van der Waals surface area contributed by atoms with Crippen molar-refractivity contribution in [1.82, 2.24) is 9.78 Å². The molecule has 0 saturated heterocycles. The molecule has 3 rings (SSSR count). The highest BCUT2D eigenvalue weighted by Gasteiger charge is 2.09. The zero-order valence-electron chi connectivity index (χ0n) is 10.7. The van der Waals surface area contributed by atoms with Gasteiger partial charge in [-0.3, -0.25) is 9.89 Å². The predicted octanol–water partition coefficient (Wildman–Crippen LogP) is 3.33. The van der Waals surface area contributed by atoms with Crippen molar-refractivity contribution in [3.63, 3.8) is 0 Å². The van der Waals surface area contributed by atoms with Crippen LogP contribution in [-0.2, 0) is 0 Å². The quantitative estimate of drug-likeness (QED) is 0.763. The van der Waals surface area contributed by atoms with Gasteiger partial charge in [-0.15, -0.1) is 0 Å². The fraction of sp³-hybridized carbons (Fsp3) is 0. The molecule has 1 aromatic heterocycles. The monoisotopic (exact) mass is 304 g/mol. The first kappa shape index (κ1) is 13.5. The zero-order chi connectivity index (χ0) is 15.0. The number of aromatic hydroxyl groups is 1. The lowest BCUT2D eigenvalue weighted by Gasteiger charge is -2.03. The van der Waals surface area contributed by atoms with Gasteiger partial charge < -0.3 is 5.11 Å². The van der Waals surface area contributed by atoms with E-state index >= 15 is 0 Å². The lowest BCUT2D eigenvalue weighted by molar-refractivity contribution is 0.475. The molecule has 0 saturated carbocycles. The van der Waals surface area contributed by atoms with Crippen LogP contribution in [0.4, 0.5) is 4.39 Å². The van der Waals surface area contributed by atoms with Crippen LogP contribution in [0, 0.1) is 5.82 Å². The fourth-order valence-electron chi connectivity index (χ4n) is 2.00. The molecular formula is C15H10ClFN2O2. The number of H-pyrrole nitrogens is 1. The van der Waals surface area contributed by atoms with E-state index in [4.69, 9.17) is 11.6 Å². The van der Waals surface area contributed by atoms with E-state index in [-0.39, 0.29) is 16.3 Å². The van der Waals surface area contributed by atoms with Crippen molar-refractivity contribution < 1.29 is 9.50 Å². The van der Waals surface area contributed by atoms with Gasteiger partial charge in [0.1, 0.15) is 11.6 Å². The van der Waals surface area contributed by atoms with Crippen LogP contribution in [0.1, 0.15) is 0 Å². The molecule has 1 heterocycles. The fourth-order valence-corrected chi connectivity index (χ4v) is 2.12. The van der Waals surface area contributed by atoms with E-state index in [1.165, 1.54) is 35.0 Å². The van der Waals surface area contributed by atoms with E-state index in [9.17, 15) is 14.3 Å². The van der Waals surface area contributed by atoms with Gasteiger partial charge in [-0.2, -0.15) is 0 Å². The molecule has 0 bridgehead atoms. The summed E-state index contributed by atoms with van der Waals surface area (Å²) in [6.45, 7) is 0. The average Bonchev–Trinajstić information content (AvgIpc) is 2.85. The van der Waals surface area contributed by atoms with Crippen LogP contribution >= 0.6 is 11.6 Å². The molecule has 0 atom stereocenters. The number of hydrogen-bond acceptors (Lipinski definition) is 2. The van der Waals surface area contributed by atoms with Gasteiger partial charge in [0.25, 0.3) is 5.56 Å². The van der Waals surface area contributed by atoms with Crippen LogP contribution in [-0.4, -0.2) is 14.9 Å². The number of benzene rings is 2. The average molecular weight is 305 g/mol. The Balaban J connectivity index is 2.07. The number of halogens is 2. The van der Waals surface area contributed by atoms with Crippen molar-refractivity contribution in [3.8, 4) is 22.7 Å². The minimum Gasteiger partial charge on any atom is -0.508 e. The van der Waals surface area contributed by atoms with Crippen molar-refractivity contribution in [2.45, 2.75) is 0 Å². The second-order valence-corrected chi connectivity index (χ2v) is 4.90. The third-order valence-electron chi connectivity index (χ3n) is 3.06. The molecule has 0 spiro atoms. The zero-order valence-corrected chi connectivity index (χ0v) is 11.4. The summed E-state index contributed by atoms with van der Waals surface area (Å²) in [5.74, 6) is -0.456. The largest absolute Gasteiger partial charge is 0.508 e. The third kappa shape index (κ3) is 2.55. The van der Waals surface area contributed by atoms with Gasteiger partial charge in [-0.25, -0.2) is 9.07 Å². The van der Waals surface area contributed by atoms with Crippen molar-refractivity contribution >= 4 is 11.6 Å². The van der Waals surface area contributed by atoms with Gasteiger partial charge in [0.15, 0.2) is 0 Å². The highest BCUT2D eigenvalue weighted by molar-refractivity contribution is 6.30. The van der Waals surface area contributed by atoms with Crippen molar-refractivity contribution in [2.24, 2.45) is 0 Å². The van der Waals surface area contributed by atoms with Crippen LogP contribution in [0.15, 0.2) is 53.3 Å². The summed E-state index contributed by atoms with van der Waals surface area (Å²) in [5, 5.41) is 12.2. The molecule has 0 aliphatic rings. The molecule has 106 valence electrons. The van der Waals surface area contributed by atoms with Gasteiger partial charge in [0.05, 0.1) is 16.4 Å². The molecule has 0 aliphatic heterocycles. The van der Waals surface area contributed by atoms with Gasteiger partial charge in [0.2, 0.25) is 0 Å². The normalized spacial score (nSPS) is 10.8. The first-order valence-corrected chi connectivity index (χ1v) is 6.49. The maximum absolute atomic E-state index is 13.5. The van der Waals surface area contributed by atoms with Crippen LogP contribution in [0.5, 0.6) is 5.75 Å². The molecule has 0 amide bonds. The summed E-state index contributed by atoms with van der Waals surface area (Å²) in [5.41, 5.74) is 1.33. The maximum atomic E-state index is 13.5. The Morgan fingerprint density at radius 1 is 1.10 bits per heavy atom. The van der Waals surface area contributed by atoms with E-state index in [0.29, 0.717) is 11.4 Å². The van der Waals surface area contributed by atoms with Crippen LogP contribution in [0.25, 0.3) is 16.9 Å². The molecule has 0 unspecified atom stereocenters. The lowest BCUT2D eigenvalue weighted by Crippen LogP contribution is -2.13. The lowest BCUT2D eigenvalue weighted by atomic mass is 10.1. The third-order valence-corrected chi connectivity index (χ3v) is 3.37. The van der Waals surface area contributed by atoms with Crippen LogP contribution in [0.2, 0.25) is 5.02 Å². The first-order valence-electron chi connectivity index (χ1n) is 6.11. The summed E-state index contributed by atoms with van der Waals surface area (Å²) in [6.07, 6.45) is 0. The van der Waals surface area contributed by atoms with E-state index in [2.05, 4.69) is 5.10 Å². The number of aromatic amines is 1. The topological polar surface area (TPSA) is 58.0 Å². The number of aromatic nitrogens is 2. The van der Waals surface area contributed by atoms with Gasteiger partial charge in [0, 0.05) is 12.1 Å². The molecule has 0 aliphatic carbocycles. The van der Waals surface area contributed by atoms with Gasteiger partial charge in [-0.05, 0) is 42.0 Å². The standard InChI is InChI=1S/C15H10ClFN2O2/c16-12-6-3-10(7-13(12)17)19-15(21)8-14(18-19)9-1-4-11(20)5-2-9/h1-8,18,20H. The Morgan fingerprint density at radius 2 is 1.81 bits per heavy atom. The van der Waals surface area contributed by atoms with E-state index in [0.717, 1.165) is 5.56 Å². The summed E-state index contributed by atoms with van der Waals surface area (Å²) in [4.78, 5) is 12.0. The van der Waals surface area contributed by atoms with E-state index < -0.39 is 5.82 Å². The molecule has 3 aromatic rings. The Kier molecular flexibility index (Phi) is 3.27. The number of phenols is 1. The minimum atomic E-state index is -0.596. The summed E-state index contributed by atoms with van der Waals surface area (Å²) in [7, 11) is 0. The first-order chi connectivity index (χ1) is 10.0. The predicted molar refractivity (Wildman–Crippen MR) is 78.5 cm³/mol. The maximum Gasteiger partial charge on any atom is 0.271 e. The van der Waals surface area contributed by atoms with Crippen molar-refractivity contribution in [3.05, 3.63) is 69.7 Å². The molecule has 6 heteroatoms. The smallest absolute Gasteiger partial charge is 0.271 e. The van der Waals surface area contributed by atoms with E-state index in [1.54, 1.807) is 18.2 Å². The highest BCUT2D eigenvalue weighted by atomic mass is 35.5. The number of phenolic OH excluding ortho intramolecular Hbond substituents is 1. The molecule has 4 nitrogen and oxygen atoms in total. The number of nitrogens with zero attached hydrogens (tertiary/aromatic N) is 1. The second-order valence-electron chi connectivity index (χ2n) is 4.49. The Hall–Kier alpha value is -2.53. The number of rotatable bonds is 2. The van der Waals surface area contributed by atoms with Crippen molar-refractivity contribution in [2.75, 3.05) is 0 Å². The second kappa shape index (κ2) is 5.10. The molecular weight excluding hydrogens is 295 g/mol. The summed E-state index contributed by atoms with van der Waals surface area (Å²) in [6, 6.07) is 11.9.